The van der Waals surface area contributed by atoms with E-state index in [1.54, 1.807) is 25.4 Å². The van der Waals surface area contributed by atoms with Crippen LogP contribution in [0, 0.1) is 6.92 Å². The van der Waals surface area contributed by atoms with Crippen LogP contribution in [0.25, 0.3) is 11.3 Å². The predicted molar refractivity (Wildman–Crippen MR) is 113 cm³/mol. The van der Waals surface area contributed by atoms with Gasteiger partial charge in [0, 0.05) is 30.6 Å². The fourth-order valence-corrected chi connectivity index (χ4v) is 2.51. The number of hydrogen-bond donors (Lipinski definition) is 3. The maximum absolute atomic E-state index is 11.5. The lowest BCUT2D eigenvalue weighted by Crippen LogP contribution is -2.09. The SMILES string of the molecule is COCCOc1ccc(C)c(Nc2ncc(-c3ccnc(NC(=O)N=CN)c3)o2)c1. The number of nitrogens with one attached hydrogen (secondary N) is 2. The smallest absolute Gasteiger partial charge is 0.347 e. The molecule has 0 aliphatic heterocycles. The Morgan fingerprint density at radius 2 is 2.13 bits per heavy atom. The quantitative estimate of drug-likeness (QED) is 0.292. The Bertz CT molecular complexity index is 1030. The van der Waals surface area contributed by atoms with Crippen molar-refractivity contribution in [2.24, 2.45) is 10.7 Å². The number of methoxy groups -OCH3 is 1. The van der Waals surface area contributed by atoms with E-state index in [2.05, 4.69) is 25.6 Å². The molecule has 0 saturated carbocycles. The molecule has 0 saturated heterocycles. The van der Waals surface area contributed by atoms with Crippen molar-refractivity contribution in [2.75, 3.05) is 31.0 Å². The fraction of sp³-hybridized carbons (Fsp3) is 0.200. The van der Waals surface area contributed by atoms with E-state index in [1.807, 2.05) is 25.1 Å². The van der Waals surface area contributed by atoms with Gasteiger partial charge in [0.15, 0.2) is 5.76 Å². The normalized spacial score (nSPS) is 10.9. The third-order valence-electron chi connectivity index (χ3n) is 3.98. The summed E-state index contributed by atoms with van der Waals surface area (Å²) in [6.45, 7) is 2.93. The number of hydrogen-bond acceptors (Lipinski definition) is 7. The summed E-state index contributed by atoms with van der Waals surface area (Å²) in [4.78, 5) is 23.3. The van der Waals surface area contributed by atoms with E-state index in [0.717, 1.165) is 17.6 Å². The number of benzene rings is 1. The minimum atomic E-state index is -0.620. The van der Waals surface area contributed by atoms with Gasteiger partial charge in [0.05, 0.1) is 19.1 Å². The summed E-state index contributed by atoms with van der Waals surface area (Å²) in [5.74, 6) is 1.52. The number of pyridine rings is 1. The van der Waals surface area contributed by atoms with E-state index in [4.69, 9.17) is 19.6 Å². The molecule has 4 N–H and O–H groups in total. The van der Waals surface area contributed by atoms with Gasteiger partial charge in [0.1, 0.15) is 18.2 Å². The summed E-state index contributed by atoms with van der Waals surface area (Å²) in [6.07, 6.45) is 4.03. The third kappa shape index (κ3) is 5.55. The Hall–Kier alpha value is -3.92. The maximum atomic E-state index is 11.5. The molecule has 0 aliphatic rings. The second kappa shape index (κ2) is 10.0. The van der Waals surface area contributed by atoms with E-state index in [1.165, 1.54) is 6.20 Å². The number of aryl methyl sites for hydroxylation is 1. The van der Waals surface area contributed by atoms with Crippen LogP contribution in [0.4, 0.5) is 22.3 Å². The molecule has 2 heterocycles. The first-order chi connectivity index (χ1) is 14.6. The van der Waals surface area contributed by atoms with Crippen molar-refractivity contribution in [3.05, 3.63) is 48.3 Å². The topological polar surface area (TPSA) is 137 Å². The number of nitrogens with zero attached hydrogens (tertiary/aromatic N) is 3. The first-order valence-corrected chi connectivity index (χ1v) is 9.06. The summed E-state index contributed by atoms with van der Waals surface area (Å²) in [7, 11) is 1.62. The lowest BCUT2D eigenvalue weighted by atomic mass is 10.2. The molecule has 30 heavy (non-hydrogen) atoms. The van der Waals surface area contributed by atoms with Crippen molar-refractivity contribution in [3.63, 3.8) is 0 Å². The van der Waals surface area contributed by atoms with Crippen molar-refractivity contribution in [1.82, 2.24) is 9.97 Å². The van der Waals surface area contributed by atoms with Gasteiger partial charge < -0.3 is 24.9 Å². The summed E-state index contributed by atoms with van der Waals surface area (Å²) in [5.41, 5.74) is 7.60. The van der Waals surface area contributed by atoms with E-state index < -0.39 is 6.03 Å². The van der Waals surface area contributed by atoms with Gasteiger partial charge in [-0.05, 0) is 30.7 Å². The van der Waals surface area contributed by atoms with E-state index in [0.29, 0.717) is 42.1 Å². The highest BCUT2D eigenvalue weighted by atomic mass is 16.5. The van der Waals surface area contributed by atoms with E-state index in [-0.39, 0.29) is 0 Å². The number of rotatable bonds is 8. The molecule has 3 rings (SSSR count). The average molecular weight is 410 g/mol. The maximum Gasteiger partial charge on any atom is 0.347 e. The third-order valence-corrected chi connectivity index (χ3v) is 3.98. The monoisotopic (exact) mass is 410 g/mol. The number of carbonyl (C=O) groups is 1. The molecular weight excluding hydrogens is 388 g/mol. The Morgan fingerprint density at radius 1 is 1.27 bits per heavy atom. The zero-order valence-corrected chi connectivity index (χ0v) is 16.6. The van der Waals surface area contributed by atoms with Crippen LogP contribution in [-0.2, 0) is 4.74 Å². The molecule has 2 amide bonds. The van der Waals surface area contributed by atoms with Crippen LogP contribution in [0.5, 0.6) is 5.75 Å². The Kier molecular flexibility index (Phi) is 6.95. The second-order valence-corrected chi connectivity index (χ2v) is 6.11. The van der Waals surface area contributed by atoms with Crippen LogP contribution in [0.3, 0.4) is 0 Å². The summed E-state index contributed by atoms with van der Waals surface area (Å²) < 4.78 is 16.4. The standard InChI is InChI=1S/C20H22N6O4/c1-13-3-4-15(29-8-7-28-2)10-16(13)25-20-23-11-17(30-20)14-5-6-22-18(9-14)26-19(27)24-12-21/h3-6,9-12H,7-8H2,1-2H3,(H,23,25)(H3,21,22,24,26,27). The molecule has 0 unspecified atom stereocenters. The van der Waals surface area contributed by atoms with Crippen LogP contribution in [0.1, 0.15) is 5.56 Å². The van der Waals surface area contributed by atoms with Gasteiger partial charge in [-0.15, -0.1) is 0 Å². The van der Waals surface area contributed by atoms with Crippen molar-refractivity contribution in [2.45, 2.75) is 6.92 Å². The predicted octanol–water partition coefficient (Wildman–Crippen LogP) is 3.33. The van der Waals surface area contributed by atoms with Gasteiger partial charge in [-0.25, -0.2) is 14.8 Å². The van der Waals surface area contributed by atoms with Crippen LogP contribution >= 0.6 is 0 Å². The van der Waals surface area contributed by atoms with Gasteiger partial charge in [-0.2, -0.15) is 4.99 Å². The molecule has 0 atom stereocenters. The highest BCUT2D eigenvalue weighted by Gasteiger charge is 2.10. The van der Waals surface area contributed by atoms with Crippen molar-refractivity contribution in [3.8, 4) is 17.1 Å². The van der Waals surface area contributed by atoms with Crippen molar-refractivity contribution >= 4 is 29.9 Å². The van der Waals surface area contributed by atoms with Gasteiger partial charge >= 0.3 is 6.03 Å². The summed E-state index contributed by atoms with van der Waals surface area (Å²) in [5, 5.41) is 5.66. The van der Waals surface area contributed by atoms with Gasteiger partial charge in [0.25, 0.3) is 6.01 Å². The lowest BCUT2D eigenvalue weighted by Gasteiger charge is -2.10. The number of amides is 2. The summed E-state index contributed by atoms with van der Waals surface area (Å²) in [6, 6.07) is 8.77. The van der Waals surface area contributed by atoms with Crippen LogP contribution in [0.2, 0.25) is 0 Å². The van der Waals surface area contributed by atoms with Crippen molar-refractivity contribution in [1.29, 1.82) is 0 Å². The number of carbonyl (C=O) groups excluding carboxylic acids is 1. The molecule has 10 heteroatoms. The van der Waals surface area contributed by atoms with E-state index in [9.17, 15) is 4.79 Å². The van der Waals surface area contributed by atoms with Crippen LogP contribution in [0.15, 0.2) is 52.1 Å². The number of nitrogens with two attached hydrogens (primary N) is 1. The molecule has 0 fully saturated rings. The number of oxazole rings is 1. The lowest BCUT2D eigenvalue weighted by molar-refractivity contribution is 0.146. The molecule has 0 spiro atoms. The molecule has 0 aliphatic carbocycles. The molecule has 1 aromatic carbocycles. The van der Waals surface area contributed by atoms with Gasteiger partial charge in [0.2, 0.25) is 0 Å². The Morgan fingerprint density at radius 3 is 2.93 bits per heavy atom. The highest BCUT2D eigenvalue weighted by molar-refractivity contribution is 5.93. The number of ether oxygens (including phenoxy) is 2. The zero-order chi connectivity index (χ0) is 21.3. The fourth-order valence-electron chi connectivity index (χ4n) is 2.51. The minimum Gasteiger partial charge on any atom is -0.491 e. The Balaban J connectivity index is 1.73. The number of urea groups is 1. The van der Waals surface area contributed by atoms with Crippen LogP contribution < -0.4 is 21.1 Å². The molecule has 0 radical (unpaired) electrons. The average Bonchev–Trinajstić information content (AvgIpc) is 3.19. The van der Waals surface area contributed by atoms with E-state index >= 15 is 0 Å². The zero-order valence-electron chi connectivity index (χ0n) is 16.6. The molecule has 3 aromatic rings. The largest absolute Gasteiger partial charge is 0.491 e. The van der Waals surface area contributed by atoms with Crippen LogP contribution in [-0.4, -0.2) is 42.7 Å². The number of aliphatic imine (C=N–C) groups is 1. The number of aromatic nitrogens is 2. The molecule has 0 bridgehead atoms. The first kappa shape index (κ1) is 20.8. The molecule has 2 aromatic heterocycles. The minimum absolute atomic E-state index is 0.311. The summed E-state index contributed by atoms with van der Waals surface area (Å²) >= 11 is 0. The van der Waals surface area contributed by atoms with Crippen molar-refractivity contribution < 1.29 is 18.7 Å². The Labute approximate surface area is 173 Å². The second-order valence-electron chi connectivity index (χ2n) is 6.11. The number of anilines is 3. The first-order valence-electron chi connectivity index (χ1n) is 9.06. The van der Waals surface area contributed by atoms with Gasteiger partial charge in [-0.1, -0.05) is 6.07 Å². The molecule has 156 valence electrons. The molecular formula is C20H22N6O4. The molecule has 10 nitrogen and oxygen atoms in total. The highest BCUT2D eigenvalue weighted by Crippen LogP contribution is 2.28. The van der Waals surface area contributed by atoms with Gasteiger partial charge in [-0.3, -0.25) is 5.32 Å².